The van der Waals surface area contributed by atoms with Crippen molar-refractivity contribution >= 4 is 23.8 Å². The van der Waals surface area contributed by atoms with Gasteiger partial charge in [0.1, 0.15) is 12.6 Å². The summed E-state index contributed by atoms with van der Waals surface area (Å²) in [5.41, 5.74) is 4.93. The van der Waals surface area contributed by atoms with Crippen molar-refractivity contribution in [1.29, 1.82) is 0 Å². The predicted molar refractivity (Wildman–Crippen MR) is 69.7 cm³/mol. The summed E-state index contributed by atoms with van der Waals surface area (Å²) in [6.45, 7) is -0.180. The first-order chi connectivity index (χ1) is 9.15. The van der Waals surface area contributed by atoms with Gasteiger partial charge in [0.05, 0.1) is 0 Å². The molecule has 0 rings (SSSR count). The van der Waals surface area contributed by atoms with Gasteiger partial charge in [0.25, 0.3) is 0 Å². The summed E-state index contributed by atoms with van der Waals surface area (Å²) < 4.78 is 0. The number of primary amides is 1. The van der Waals surface area contributed by atoms with Crippen molar-refractivity contribution in [3.05, 3.63) is 0 Å². The Hall–Kier alpha value is -2.32. The Morgan fingerprint density at radius 1 is 1.20 bits per heavy atom. The van der Waals surface area contributed by atoms with Crippen LogP contribution in [0.4, 0.5) is 4.79 Å². The molecule has 0 aromatic rings. The number of carbonyl (C=O) groups excluding carboxylic acids is 3. The third-order valence-electron chi connectivity index (χ3n) is 2.49. The van der Waals surface area contributed by atoms with E-state index in [9.17, 15) is 19.2 Å². The molecular formula is C11H20N4O5. The molecule has 0 aromatic heterocycles. The molecule has 1 unspecified atom stereocenters. The third kappa shape index (κ3) is 6.57. The van der Waals surface area contributed by atoms with Crippen LogP contribution in [0.2, 0.25) is 0 Å². The van der Waals surface area contributed by atoms with Crippen molar-refractivity contribution in [1.82, 2.24) is 15.1 Å². The van der Waals surface area contributed by atoms with Crippen molar-refractivity contribution in [2.75, 3.05) is 27.7 Å². The first kappa shape index (κ1) is 17.7. The molecular weight excluding hydrogens is 268 g/mol. The zero-order valence-electron chi connectivity index (χ0n) is 11.8. The normalized spacial score (nSPS) is 11.3. The highest BCUT2D eigenvalue weighted by Crippen LogP contribution is 1.99. The summed E-state index contributed by atoms with van der Waals surface area (Å²) in [6, 6.07) is -1.94. The van der Waals surface area contributed by atoms with Gasteiger partial charge in [-0.1, -0.05) is 0 Å². The number of hydrogen-bond acceptors (Lipinski definition) is 4. The van der Waals surface area contributed by atoms with E-state index in [2.05, 4.69) is 5.32 Å². The fourth-order valence-corrected chi connectivity index (χ4v) is 1.22. The van der Waals surface area contributed by atoms with Crippen molar-refractivity contribution in [2.45, 2.75) is 18.9 Å². The number of likely N-dealkylation sites (N-methyl/N-ethyl adjacent to an activating group) is 2. The van der Waals surface area contributed by atoms with E-state index < -0.39 is 23.9 Å². The maximum absolute atomic E-state index is 11.7. The Kier molecular flexibility index (Phi) is 7.05. The van der Waals surface area contributed by atoms with E-state index in [1.807, 2.05) is 0 Å². The summed E-state index contributed by atoms with van der Waals surface area (Å²) in [5, 5.41) is 11.2. The summed E-state index contributed by atoms with van der Waals surface area (Å²) in [4.78, 5) is 47.1. The highest BCUT2D eigenvalue weighted by Gasteiger charge is 2.23. The van der Waals surface area contributed by atoms with Gasteiger partial charge in [0.15, 0.2) is 0 Å². The lowest BCUT2D eigenvalue weighted by atomic mass is 10.1. The topological polar surface area (TPSA) is 133 Å². The van der Waals surface area contributed by atoms with Gasteiger partial charge in [0.2, 0.25) is 11.8 Å². The van der Waals surface area contributed by atoms with Crippen LogP contribution >= 0.6 is 0 Å². The highest BCUT2D eigenvalue weighted by molar-refractivity contribution is 5.86. The standard InChI is InChI=1S/C11H20N4O5/c1-14(2)9(17)6-15(3)11(20)13-7(10(18)19)4-5-8(12)16/h7H,4-6H2,1-3H3,(H2,12,16)(H,13,20)(H,18,19). The average molecular weight is 288 g/mol. The SMILES string of the molecule is CN(C)C(=O)CN(C)C(=O)NC(CCC(N)=O)C(=O)O. The minimum atomic E-state index is -1.27. The Balaban J connectivity index is 4.48. The quantitative estimate of drug-likeness (QED) is 0.520. The van der Waals surface area contributed by atoms with Crippen LogP contribution in [0.25, 0.3) is 0 Å². The van der Waals surface area contributed by atoms with Gasteiger partial charge in [0, 0.05) is 27.6 Å². The molecule has 0 saturated carbocycles. The molecule has 9 heteroatoms. The van der Waals surface area contributed by atoms with Crippen molar-refractivity contribution in [3.8, 4) is 0 Å². The van der Waals surface area contributed by atoms with Gasteiger partial charge in [-0.2, -0.15) is 0 Å². The molecule has 0 aliphatic carbocycles. The maximum Gasteiger partial charge on any atom is 0.326 e. The van der Waals surface area contributed by atoms with Crippen LogP contribution in [0.3, 0.4) is 0 Å². The number of carboxylic acids is 1. The van der Waals surface area contributed by atoms with E-state index in [1.165, 1.54) is 11.9 Å². The van der Waals surface area contributed by atoms with Crippen LogP contribution in [-0.2, 0) is 14.4 Å². The lowest BCUT2D eigenvalue weighted by Gasteiger charge is -2.22. The minimum absolute atomic E-state index is 0.105. The van der Waals surface area contributed by atoms with Crippen molar-refractivity contribution in [2.24, 2.45) is 5.73 Å². The molecule has 0 spiro atoms. The zero-order valence-corrected chi connectivity index (χ0v) is 11.8. The second kappa shape index (κ2) is 7.97. The molecule has 0 aliphatic heterocycles. The number of hydrogen-bond donors (Lipinski definition) is 3. The number of carbonyl (C=O) groups is 4. The van der Waals surface area contributed by atoms with Crippen LogP contribution in [0.5, 0.6) is 0 Å². The molecule has 0 saturated heterocycles. The fourth-order valence-electron chi connectivity index (χ4n) is 1.22. The van der Waals surface area contributed by atoms with Gasteiger partial charge in [-0.15, -0.1) is 0 Å². The highest BCUT2D eigenvalue weighted by atomic mass is 16.4. The van der Waals surface area contributed by atoms with E-state index in [1.54, 1.807) is 14.1 Å². The molecule has 1 atom stereocenters. The number of nitrogens with one attached hydrogen (secondary N) is 1. The van der Waals surface area contributed by atoms with Crippen LogP contribution in [0, 0.1) is 0 Å². The Labute approximate surface area is 116 Å². The number of carboxylic acid groups (broad SMARTS) is 1. The monoisotopic (exact) mass is 288 g/mol. The largest absolute Gasteiger partial charge is 0.480 e. The molecule has 4 amide bonds. The van der Waals surface area contributed by atoms with E-state index in [0.29, 0.717) is 0 Å². The van der Waals surface area contributed by atoms with E-state index in [0.717, 1.165) is 4.90 Å². The number of urea groups is 1. The molecule has 0 radical (unpaired) electrons. The Bertz CT molecular complexity index is 396. The lowest BCUT2D eigenvalue weighted by Crippen LogP contribution is -2.49. The number of amides is 4. The Morgan fingerprint density at radius 2 is 1.75 bits per heavy atom. The number of nitrogens with zero attached hydrogens (tertiary/aromatic N) is 2. The van der Waals surface area contributed by atoms with Crippen LogP contribution in [-0.4, -0.2) is 72.5 Å². The minimum Gasteiger partial charge on any atom is -0.480 e. The third-order valence-corrected chi connectivity index (χ3v) is 2.49. The molecule has 4 N–H and O–H groups in total. The lowest BCUT2D eigenvalue weighted by molar-refractivity contribution is -0.139. The maximum atomic E-state index is 11.7. The van der Waals surface area contributed by atoms with E-state index >= 15 is 0 Å². The summed E-state index contributed by atoms with van der Waals surface area (Å²) >= 11 is 0. The van der Waals surface area contributed by atoms with E-state index in [-0.39, 0.29) is 25.3 Å². The summed E-state index contributed by atoms with van der Waals surface area (Å²) in [7, 11) is 4.45. The molecule has 20 heavy (non-hydrogen) atoms. The summed E-state index contributed by atoms with van der Waals surface area (Å²) in [6.07, 6.45) is -0.260. The molecule has 9 nitrogen and oxygen atoms in total. The van der Waals surface area contributed by atoms with E-state index in [4.69, 9.17) is 10.8 Å². The van der Waals surface area contributed by atoms with Gasteiger partial charge in [-0.3, -0.25) is 9.59 Å². The second-order valence-corrected chi connectivity index (χ2v) is 4.49. The van der Waals surface area contributed by atoms with Gasteiger partial charge >= 0.3 is 12.0 Å². The zero-order chi connectivity index (χ0) is 15.9. The predicted octanol–water partition coefficient (Wildman–Crippen LogP) is -1.57. The molecule has 0 aliphatic rings. The van der Waals surface area contributed by atoms with Crippen LogP contribution in [0.1, 0.15) is 12.8 Å². The molecule has 0 bridgehead atoms. The molecule has 0 fully saturated rings. The molecule has 114 valence electrons. The number of rotatable bonds is 7. The van der Waals surface area contributed by atoms with Crippen molar-refractivity contribution in [3.63, 3.8) is 0 Å². The Morgan fingerprint density at radius 3 is 2.15 bits per heavy atom. The summed E-state index contributed by atoms with van der Waals surface area (Å²) in [5.74, 6) is -2.22. The molecule has 0 aromatic carbocycles. The van der Waals surface area contributed by atoms with Gasteiger partial charge in [-0.05, 0) is 6.42 Å². The van der Waals surface area contributed by atoms with Crippen LogP contribution < -0.4 is 11.1 Å². The molecule has 0 heterocycles. The number of nitrogens with two attached hydrogens (primary N) is 1. The fraction of sp³-hybridized carbons (Fsp3) is 0.636. The van der Waals surface area contributed by atoms with Gasteiger partial charge < -0.3 is 26.0 Å². The average Bonchev–Trinajstić information content (AvgIpc) is 2.32. The smallest absolute Gasteiger partial charge is 0.326 e. The first-order valence-corrected chi connectivity index (χ1v) is 5.88. The number of aliphatic carboxylic acids is 1. The van der Waals surface area contributed by atoms with Crippen LogP contribution in [0.15, 0.2) is 0 Å². The second-order valence-electron chi connectivity index (χ2n) is 4.49. The van der Waals surface area contributed by atoms with Gasteiger partial charge in [-0.25, -0.2) is 9.59 Å². The van der Waals surface area contributed by atoms with Crippen molar-refractivity contribution < 1.29 is 24.3 Å². The first-order valence-electron chi connectivity index (χ1n) is 5.88.